The Bertz CT molecular complexity index is 919. The number of hydrogen-bond donors (Lipinski definition) is 1. The number of nitrogens with zero attached hydrogens (tertiary/aromatic N) is 2. The van der Waals surface area contributed by atoms with Crippen LogP contribution in [0.5, 0.6) is 0 Å². The third kappa shape index (κ3) is 4.12. The van der Waals surface area contributed by atoms with E-state index in [1.807, 2.05) is 24.3 Å². The van der Waals surface area contributed by atoms with Crippen molar-refractivity contribution in [3.8, 4) is 0 Å². The van der Waals surface area contributed by atoms with Gasteiger partial charge in [0, 0.05) is 6.54 Å². The van der Waals surface area contributed by atoms with Crippen molar-refractivity contribution in [1.82, 2.24) is 14.9 Å². The number of nitrogens with one attached hydrogen (secondary N) is 1. The molecule has 5 heteroatoms. The minimum absolute atomic E-state index is 0.0175. The molecule has 0 unspecified atom stereocenters. The Morgan fingerprint density at radius 1 is 1.12 bits per heavy atom. The van der Waals surface area contributed by atoms with Gasteiger partial charge >= 0.3 is 0 Å². The minimum atomic E-state index is -0.196. The molecule has 1 amide bonds. The van der Waals surface area contributed by atoms with Gasteiger partial charge in [-0.2, -0.15) is 0 Å². The Morgan fingerprint density at radius 2 is 1.84 bits per heavy atom. The summed E-state index contributed by atoms with van der Waals surface area (Å²) in [7, 11) is 0. The maximum Gasteiger partial charge on any atom is 0.261 e. The summed E-state index contributed by atoms with van der Waals surface area (Å²) in [6, 6.07) is 17.3. The minimum Gasteiger partial charge on any atom is -0.355 e. The van der Waals surface area contributed by atoms with Crippen molar-refractivity contribution in [2.45, 2.75) is 25.8 Å². The lowest BCUT2D eigenvalue weighted by atomic mass is 9.98. The summed E-state index contributed by atoms with van der Waals surface area (Å²) in [4.78, 5) is 28.7. The van der Waals surface area contributed by atoms with Gasteiger partial charge < -0.3 is 5.32 Å². The van der Waals surface area contributed by atoms with E-state index in [0.29, 0.717) is 23.4 Å². The quantitative estimate of drug-likeness (QED) is 0.753. The Kier molecular flexibility index (Phi) is 5.23. The molecular weight excluding hydrogens is 314 g/mol. The fourth-order valence-corrected chi connectivity index (χ4v) is 2.81. The summed E-state index contributed by atoms with van der Waals surface area (Å²) in [6.45, 7) is 2.69. The maximum absolute atomic E-state index is 12.4. The first-order chi connectivity index (χ1) is 12.1. The van der Waals surface area contributed by atoms with Crippen LogP contribution in [0.3, 0.4) is 0 Å². The molecule has 0 fully saturated rings. The summed E-state index contributed by atoms with van der Waals surface area (Å²) in [6.07, 6.45) is 2.28. The molecule has 25 heavy (non-hydrogen) atoms. The van der Waals surface area contributed by atoms with Crippen LogP contribution in [0.4, 0.5) is 0 Å². The zero-order valence-electron chi connectivity index (χ0n) is 14.2. The van der Waals surface area contributed by atoms with Gasteiger partial charge in [-0.15, -0.1) is 0 Å². The summed E-state index contributed by atoms with van der Waals surface area (Å²) in [5.41, 5.74) is 1.70. The predicted octanol–water partition coefficient (Wildman–Crippen LogP) is 2.71. The lowest BCUT2D eigenvalue weighted by Crippen LogP contribution is -2.33. The molecule has 0 aliphatic heterocycles. The fraction of sp³-hybridized carbons (Fsp3) is 0.250. The molecule has 2 aromatic carbocycles. The van der Waals surface area contributed by atoms with E-state index in [9.17, 15) is 9.59 Å². The summed E-state index contributed by atoms with van der Waals surface area (Å²) in [5, 5.41) is 3.40. The average molecular weight is 335 g/mol. The van der Waals surface area contributed by atoms with Crippen LogP contribution in [0.25, 0.3) is 10.9 Å². The number of hydrogen-bond acceptors (Lipinski definition) is 3. The standard InChI is InChI=1S/C20H21N3O2/c1-15(16-7-3-2-4-8-16)11-12-21-19(24)13-23-14-22-18-10-6-5-9-17(18)20(23)25/h2-10,14-15H,11-13H2,1H3,(H,21,24)/t15-/m0/s1. The highest BCUT2D eigenvalue weighted by molar-refractivity contribution is 5.78. The molecular formula is C20H21N3O2. The number of benzene rings is 2. The van der Waals surface area contributed by atoms with Crippen LogP contribution >= 0.6 is 0 Å². The van der Waals surface area contributed by atoms with E-state index in [1.165, 1.54) is 16.5 Å². The van der Waals surface area contributed by atoms with Crippen LogP contribution in [0.1, 0.15) is 24.8 Å². The van der Waals surface area contributed by atoms with Crippen molar-refractivity contribution in [2.75, 3.05) is 6.54 Å². The van der Waals surface area contributed by atoms with Gasteiger partial charge in [-0.05, 0) is 30.0 Å². The third-order valence-electron chi connectivity index (χ3n) is 4.31. The highest BCUT2D eigenvalue weighted by Crippen LogP contribution is 2.17. The number of carbonyl (C=O) groups is 1. The number of fused-ring (bicyclic) bond motifs is 1. The first-order valence-corrected chi connectivity index (χ1v) is 8.41. The van der Waals surface area contributed by atoms with Crippen LogP contribution in [0.15, 0.2) is 65.7 Å². The number of rotatable bonds is 6. The zero-order chi connectivity index (χ0) is 17.6. The molecule has 0 saturated carbocycles. The van der Waals surface area contributed by atoms with E-state index in [2.05, 4.69) is 29.4 Å². The summed E-state index contributed by atoms with van der Waals surface area (Å²) >= 11 is 0. The Morgan fingerprint density at radius 3 is 2.64 bits per heavy atom. The molecule has 1 aromatic heterocycles. The van der Waals surface area contributed by atoms with Gasteiger partial charge in [0.05, 0.1) is 17.2 Å². The van der Waals surface area contributed by atoms with Gasteiger partial charge in [0.1, 0.15) is 6.54 Å². The van der Waals surface area contributed by atoms with Crippen molar-refractivity contribution < 1.29 is 4.79 Å². The van der Waals surface area contributed by atoms with Crippen molar-refractivity contribution in [1.29, 1.82) is 0 Å². The highest BCUT2D eigenvalue weighted by atomic mass is 16.2. The van der Waals surface area contributed by atoms with Gasteiger partial charge in [-0.3, -0.25) is 14.2 Å². The first kappa shape index (κ1) is 16.9. The predicted molar refractivity (Wildman–Crippen MR) is 98.5 cm³/mol. The zero-order valence-corrected chi connectivity index (χ0v) is 14.2. The molecule has 128 valence electrons. The molecule has 0 saturated heterocycles. The number of aromatic nitrogens is 2. The van der Waals surface area contributed by atoms with Crippen molar-refractivity contribution in [3.05, 3.63) is 76.8 Å². The Balaban J connectivity index is 1.56. The number of carbonyl (C=O) groups excluding carboxylic acids is 1. The van der Waals surface area contributed by atoms with Crippen LogP contribution in [0, 0.1) is 0 Å². The average Bonchev–Trinajstić information content (AvgIpc) is 2.65. The second-order valence-electron chi connectivity index (χ2n) is 6.15. The molecule has 0 spiro atoms. The molecule has 1 N–H and O–H groups in total. The third-order valence-corrected chi connectivity index (χ3v) is 4.31. The molecule has 0 aliphatic carbocycles. The molecule has 0 aliphatic rings. The van der Waals surface area contributed by atoms with E-state index >= 15 is 0 Å². The number of amides is 1. The van der Waals surface area contributed by atoms with Crippen molar-refractivity contribution in [3.63, 3.8) is 0 Å². The van der Waals surface area contributed by atoms with Gasteiger partial charge in [-0.1, -0.05) is 49.4 Å². The number of para-hydroxylation sites is 1. The van der Waals surface area contributed by atoms with Crippen LogP contribution in [-0.2, 0) is 11.3 Å². The molecule has 5 nitrogen and oxygen atoms in total. The summed E-state index contributed by atoms with van der Waals surface area (Å²) in [5.74, 6) is 0.186. The normalized spacial score (nSPS) is 12.0. The van der Waals surface area contributed by atoms with Crippen LogP contribution in [0.2, 0.25) is 0 Å². The van der Waals surface area contributed by atoms with E-state index in [1.54, 1.807) is 18.2 Å². The lowest BCUT2D eigenvalue weighted by Gasteiger charge is -2.13. The molecule has 1 heterocycles. The van der Waals surface area contributed by atoms with Gasteiger partial charge in [0.2, 0.25) is 5.91 Å². The SMILES string of the molecule is C[C@@H](CCNC(=O)Cn1cnc2ccccc2c1=O)c1ccccc1. The molecule has 3 rings (SSSR count). The first-order valence-electron chi connectivity index (χ1n) is 8.41. The second-order valence-corrected chi connectivity index (χ2v) is 6.15. The van der Waals surface area contributed by atoms with Gasteiger partial charge in [0.25, 0.3) is 5.56 Å². The van der Waals surface area contributed by atoms with E-state index in [4.69, 9.17) is 0 Å². The van der Waals surface area contributed by atoms with Crippen LogP contribution in [-0.4, -0.2) is 22.0 Å². The highest BCUT2D eigenvalue weighted by Gasteiger charge is 2.09. The Hall–Kier alpha value is -2.95. The smallest absolute Gasteiger partial charge is 0.261 e. The molecule has 3 aromatic rings. The van der Waals surface area contributed by atoms with Crippen molar-refractivity contribution >= 4 is 16.8 Å². The molecule has 0 radical (unpaired) electrons. The van der Waals surface area contributed by atoms with Crippen molar-refractivity contribution in [2.24, 2.45) is 0 Å². The molecule has 0 bridgehead atoms. The fourth-order valence-electron chi connectivity index (χ4n) is 2.81. The topological polar surface area (TPSA) is 64.0 Å². The lowest BCUT2D eigenvalue weighted by molar-refractivity contribution is -0.121. The van der Waals surface area contributed by atoms with E-state index in [-0.39, 0.29) is 18.0 Å². The second kappa shape index (κ2) is 7.75. The largest absolute Gasteiger partial charge is 0.355 e. The monoisotopic (exact) mass is 335 g/mol. The molecule has 1 atom stereocenters. The van der Waals surface area contributed by atoms with Gasteiger partial charge in [-0.25, -0.2) is 4.98 Å². The van der Waals surface area contributed by atoms with Gasteiger partial charge in [0.15, 0.2) is 0 Å². The maximum atomic E-state index is 12.4. The van der Waals surface area contributed by atoms with E-state index in [0.717, 1.165) is 6.42 Å². The van der Waals surface area contributed by atoms with E-state index < -0.39 is 0 Å². The van der Waals surface area contributed by atoms with Crippen LogP contribution < -0.4 is 10.9 Å². The summed E-state index contributed by atoms with van der Waals surface area (Å²) < 4.78 is 1.35. The Labute approximate surface area is 146 Å².